The van der Waals surface area contributed by atoms with Crippen LogP contribution in [0.4, 0.5) is 4.79 Å². The molecule has 0 aromatic carbocycles. The first-order valence-electron chi connectivity index (χ1n) is 12.9. The Balaban J connectivity index is 2.43. The first-order chi connectivity index (χ1) is 18.6. The summed E-state index contributed by atoms with van der Waals surface area (Å²) in [5.74, 6) is -1.37. The summed E-state index contributed by atoms with van der Waals surface area (Å²) in [5.41, 5.74) is 1.37. The van der Waals surface area contributed by atoms with E-state index in [0.29, 0.717) is 49.8 Å². The monoisotopic (exact) mass is 541 g/mol. The number of hydrogen-bond acceptors (Lipinski definition) is 8. The van der Waals surface area contributed by atoms with Crippen molar-refractivity contribution in [1.82, 2.24) is 16.0 Å². The minimum atomic E-state index is -0.774. The molecule has 1 heterocycles. The highest BCUT2D eigenvalue weighted by Crippen LogP contribution is 2.23. The van der Waals surface area contributed by atoms with Crippen LogP contribution in [-0.2, 0) is 23.9 Å². The lowest BCUT2D eigenvalue weighted by molar-refractivity contribution is -0.120. The van der Waals surface area contributed by atoms with Crippen molar-refractivity contribution in [3.8, 4) is 0 Å². The number of methoxy groups -OCH3 is 1. The Morgan fingerprint density at radius 3 is 2.67 bits per heavy atom. The second kappa shape index (κ2) is 15.6. The standard InChI is InChI=1S/C29H39N3O7/c1-6-16-31-25-21-12-8-7-11-20(33)15-14-18(2)27(39-29(37)30-4)24(38-5)13-9-10-19(3)28(36)32-22(26(21)35)17-23(25)34/h6,9-10,13-14,17,20,24,27,31,33H,1,7-8,11-12,15-16H2,2-5H3,(H,30,37)(H,32,36)/b13-9-,18-14+,19-10+. The molecule has 1 aliphatic carbocycles. The van der Waals surface area contributed by atoms with Crippen molar-refractivity contribution in [3.05, 3.63) is 71.1 Å². The van der Waals surface area contributed by atoms with Gasteiger partial charge in [-0.3, -0.25) is 14.4 Å². The van der Waals surface area contributed by atoms with Gasteiger partial charge in [0, 0.05) is 37.9 Å². The molecule has 0 saturated carbocycles. The highest BCUT2D eigenvalue weighted by molar-refractivity contribution is 6.23. The summed E-state index contributed by atoms with van der Waals surface area (Å²) in [6, 6.07) is 0. The maximum absolute atomic E-state index is 13.3. The van der Waals surface area contributed by atoms with Gasteiger partial charge in [0.05, 0.1) is 17.5 Å². The Labute approximate surface area is 229 Å². The van der Waals surface area contributed by atoms with Gasteiger partial charge in [-0.05, 0) is 45.1 Å². The molecule has 4 N–H and O–H groups in total. The Hall–Kier alpha value is -3.76. The fraction of sp³-hybridized carbons (Fsp3) is 0.448. The van der Waals surface area contributed by atoms with Crippen molar-refractivity contribution >= 4 is 23.6 Å². The molecule has 212 valence electrons. The number of ether oxygens (including phenoxy) is 2. The summed E-state index contributed by atoms with van der Waals surface area (Å²) in [7, 11) is 2.92. The van der Waals surface area contributed by atoms with Gasteiger partial charge in [-0.15, -0.1) is 6.58 Å². The van der Waals surface area contributed by atoms with Gasteiger partial charge >= 0.3 is 6.09 Å². The SMILES string of the molecule is C=CCNC1=C2CCCCC(O)C/C=C(\C)C(OC(=O)NC)C(OC)/C=C\C=C(/C)C(=O)NC(=CC1=O)C2=O. The van der Waals surface area contributed by atoms with Crippen LogP contribution < -0.4 is 16.0 Å². The number of aliphatic hydroxyl groups is 1. The molecular formula is C29H39N3O7. The van der Waals surface area contributed by atoms with Crippen LogP contribution in [0.5, 0.6) is 0 Å². The van der Waals surface area contributed by atoms with Crippen LogP contribution in [0.1, 0.15) is 46.0 Å². The Kier molecular flexibility index (Phi) is 12.6. The number of hydrogen-bond donors (Lipinski definition) is 4. The molecule has 1 aliphatic heterocycles. The smallest absolute Gasteiger partial charge is 0.407 e. The maximum atomic E-state index is 13.3. The number of aliphatic hydroxyl groups excluding tert-OH is 1. The molecule has 39 heavy (non-hydrogen) atoms. The van der Waals surface area contributed by atoms with E-state index in [9.17, 15) is 24.3 Å². The molecule has 0 aromatic heterocycles. The first kappa shape index (κ1) is 31.5. The predicted octanol–water partition coefficient (Wildman–Crippen LogP) is 2.68. The van der Waals surface area contributed by atoms with Crippen LogP contribution in [0.15, 0.2) is 71.1 Å². The van der Waals surface area contributed by atoms with E-state index in [2.05, 4.69) is 22.5 Å². The number of fused-ring (bicyclic) bond motifs is 2. The molecule has 0 radical (unpaired) electrons. The van der Waals surface area contributed by atoms with Crippen molar-refractivity contribution < 1.29 is 33.8 Å². The first-order valence-corrected chi connectivity index (χ1v) is 12.9. The van der Waals surface area contributed by atoms with Crippen LogP contribution in [0.25, 0.3) is 0 Å². The number of carbonyl (C=O) groups excluding carboxylic acids is 4. The van der Waals surface area contributed by atoms with E-state index < -0.39 is 41.9 Å². The van der Waals surface area contributed by atoms with Crippen LogP contribution in [0, 0.1) is 0 Å². The second-order valence-electron chi connectivity index (χ2n) is 9.32. The average Bonchev–Trinajstić information content (AvgIpc) is 2.91. The predicted molar refractivity (Wildman–Crippen MR) is 147 cm³/mol. The molecule has 0 aromatic rings. The van der Waals surface area contributed by atoms with Gasteiger partial charge in [0.2, 0.25) is 11.6 Å². The van der Waals surface area contributed by atoms with E-state index in [1.54, 1.807) is 38.2 Å². The number of Topliss-reactive ketones (excluding diaryl/α,β-unsaturated/α-hetero) is 1. The highest BCUT2D eigenvalue weighted by Gasteiger charge is 2.29. The van der Waals surface area contributed by atoms with Crippen molar-refractivity contribution in [1.29, 1.82) is 0 Å². The molecule has 3 atom stereocenters. The maximum Gasteiger partial charge on any atom is 0.407 e. The summed E-state index contributed by atoms with van der Waals surface area (Å²) in [4.78, 5) is 50.9. The zero-order valence-corrected chi connectivity index (χ0v) is 23.0. The molecule has 0 fully saturated rings. The van der Waals surface area contributed by atoms with E-state index in [1.807, 2.05) is 0 Å². The summed E-state index contributed by atoms with van der Waals surface area (Å²) >= 11 is 0. The van der Waals surface area contributed by atoms with Gasteiger partial charge in [0.1, 0.15) is 6.10 Å². The second-order valence-corrected chi connectivity index (χ2v) is 9.32. The number of carbonyl (C=O) groups is 4. The van der Waals surface area contributed by atoms with Crippen LogP contribution in [0.2, 0.25) is 0 Å². The zero-order valence-electron chi connectivity index (χ0n) is 23.0. The van der Waals surface area contributed by atoms with Crippen LogP contribution in [-0.4, -0.2) is 67.7 Å². The fourth-order valence-corrected chi connectivity index (χ4v) is 4.13. The topological polar surface area (TPSA) is 143 Å². The molecule has 0 spiro atoms. The number of ketones is 2. The van der Waals surface area contributed by atoms with Gasteiger partial charge < -0.3 is 30.5 Å². The molecule has 2 bridgehead atoms. The van der Waals surface area contributed by atoms with Crippen molar-refractivity contribution in [2.24, 2.45) is 0 Å². The lowest BCUT2D eigenvalue weighted by atomic mass is 9.92. The Bertz CT molecular complexity index is 1110. The minimum Gasteiger partial charge on any atom is -0.439 e. The normalized spacial score (nSPS) is 27.3. The molecule has 2 amide bonds. The van der Waals surface area contributed by atoms with Gasteiger partial charge in [-0.1, -0.05) is 36.8 Å². The Morgan fingerprint density at radius 2 is 2.00 bits per heavy atom. The van der Waals surface area contributed by atoms with E-state index in [-0.39, 0.29) is 17.0 Å². The Morgan fingerprint density at radius 1 is 1.26 bits per heavy atom. The third-order valence-electron chi connectivity index (χ3n) is 6.40. The van der Waals surface area contributed by atoms with Gasteiger partial charge in [0.25, 0.3) is 5.91 Å². The summed E-state index contributed by atoms with van der Waals surface area (Å²) in [6.45, 7) is 7.30. The van der Waals surface area contributed by atoms with E-state index in [1.165, 1.54) is 20.2 Å². The summed E-state index contributed by atoms with van der Waals surface area (Å²) < 4.78 is 11.1. The molecule has 2 rings (SSSR count). The van der Waals surface area contributed by atoms with Gasteiger partial charge in [0.15, 0.2) is 6.10 Å². The average molecular weight is 542 g/mol. The van der Waals surface area contributed by atoms with E-state index in [4.69, 9.17) is 9.47 Å². The van der Waals surface area contributed by atoms with Crippen molar-refractivity contribution in [2.75, 3.05) is 20.7 Å². The number of alkyl carbamates (subject to hydrolysis) is 1. The third-order valence-corrected chi connectivity index (χ3v) is 6.40. The van der Waals surface area contributed by atoms with Crippen molar-refractivity contribution in [2.45, 2.75) is 64.3 Å². The molecule has 2 aliphatic rings. The largest absolute Gasteiger partial charge is 0.439 e. The number of allylic oxidation sites excluding steroid dienone is 4. The summed E-state index contributed by atoms with van der Waals surface area (Å²) in [5, 5.41) is 18.5. The molecule has 10 heteroatoms. The van der Waals surface area contributed by atoms with Crippen LogP contribution in [0.3, 0.4) is 0 Å². The molecule has 3 unspecified atom stereocenters. The van der Waals surface area contributed by atoms with Gasteiger partial charge in [-0.25, -0.2) is 4.79 Å². The van der Waals surface area contributed by atoms with Crippen molar-refractivity contribution in [3.63, 3.8) is 0 Å². The number of amides is 2. The number of rotatable bonds is 5. The molecular weight excluding hydrogens is 502 g/mol. The zero-order chi connectivity index (χ0) is 28.9. The summed E-state index contributed by atoms with van der Waals surface area (Å²) in [6.07, 6.45) is 8.76. The molecule has 0 saturated heterocycles. The van der Waals surface area contributed by atoms with Crippen LogP contribution >= 0.6 is 0 Å². The highest BCUT2D eigenvalue weighted by atomic mass is 16.6. The minimum absolute atomic E-state index is 0.0903. The number of nitrogens with one attached hydrogen (secondary N) is 3. The quantitative estimate of drug-likeness (QED) is 0.307. The lowest BCUT2D eigenvalue weighted by Gasteiger charge is -2.25. The van der Waals surface area contributed by atoms with E-state index in [0.717, 1.165) is 6.08 Å². The third kappa shape index (κ3) is 9.19. The van der Waals surface area contributed by atoms with Gasteiger partial charge in [-0.2, -0.15) is 0 Å². The fourth-order valence-electron chi connectivity index (χ4n) is 4.13. The van der Waals surface area contributed by atoms with E-state index >= 15 is 0 Å². The molecule has 10 nitrogen and oxygen atoms in total. The lowest BCUT2D eigenvalue weighted by Crippen LogP contribution is -2.36.